The summed E-state index contributed by atoms with van der Waals surface area (Å²) in [5, 5.41) is 0.282. The van der Waals surface area contributed by atoms with E-state index in [1.165, 1.54) is 12.3 Å². The number of amides is 1. The Morgan fingerprint density at radius 1 is 1.30 bits per heavy atom. The quantitative estimate of drug-likeness (QED) is 0.923. The predicted octanol–water partition coefficient (Wildman–Crippen LogP) is 3.21. The fourth-order valence-corrected chi connectivity index (χ4v) is 2.22. The van der Waals surface area contributed by atoms with E-state index in [4.69, 9.17) is 17.3 Å². The minimum Gasteiger partial charge on any atom is -0.382 e. The van der Waals surface area contributed by atoms with Gasteiger partial charge < -0.3 is 10.6 Å². The van der Waals surface area contributed by atoms with Crippen LogP contribution in [0.15, 0.2) is 30.5 Å². The van der Waals surface area contributed by atoms with Crippen LogP contribution in [0.4, 0.5) is 11.5 Å². The fraction of sp³-hybridized carbons (Fsp3) is 0.200. The molecule has 20 heavy (non-hydrogen) atoms. The van der Waals surface area contributed by atoms with Gasteiger partial charge in [-0.1, -0.05) is 29.3 Å². The van der Waals surface area contributed by atoms with Crippen LogP contribution in [-0.4, -0.2) is 17.9 Å². The van der Waals surface area contributed by atoms with E-state index in [1.807, 2.05) is 32.0 Å². The van der Waals surface area contributed by atoms with Gasteiger partial charge in [0.15, 0.2) is 0 Å². The second-order valence-corrected chi connectivity index (χ2v) is 5.15. The highest BCUT2D eigenvalue weighted by molar-refractivity contribution is 6.33. The number of halogens is 1. The SMILES string of the molecule is Cc1ccc(N(C)C(=O)c2cnc(N)c(Cl)c2)c(C)c1. The van der Waals surface area contributed by atoms with Crippen LogP contribution in [0.5, 0.6) is 0 Å². The Hall–Kier alpha value is -2.07. The van der Waals surface area contributed by atoms with Gasteiger partial charge >= 0.3 is 0 Å². The Morgan fingerprint density at radius 3 is 2.60 bits per heavy atom. The van der Waals surface area contributed by atoms with Crippen LogP contribution in [0.1, 0.15) is 21.5 Å². The van der Waals surface area contributed by atoms with Crippen LogP contribution in [-0.2, 0) is 0 Å². The van der Waals surface area contributed by atoms with Gasteiger partial charge in [-0.15, -0.1) is 0 Å². The molecule has 2 N–H and O–H groups in total. The number of aryl methyl sites for hydroxylation is 2. The Bertz CT molecular complexity index is 670. The molecule has 5 heteroatoms. The van der Waals surface area contributed by atoms with Gasteiger partial charge in [0, 0.05) is 18.9 Å². The van der Waals surface area contributed by atoms with Crippen LogP contribution < -0.4 is 10.6 Å². The maximum absolute atomic E-state index is 12.4. The summed E-state index contributed by atoms with van der Waals surface area (Å²) >= 11 is 5.90. The van der Waals surface area contributed by atoms with Crippen LogP contribution in [0.25, 0.3) is 0 Å². The maximum atomic E-state index is 12.4. The number of carbonyl (C=O) groups is 1. The molecule has 1 heterocycles. The fourth-order valence-electron chi connectivity index (χ4n) is 2.05. The van der Waals surface area contributed by atoms with E-state index < -0.39 is 0 Å². The number of benzene rings is 1. The topological polar surface area (TPSA) is 59.2 Å². The van der Waals surface area contributed by atoms with E-state index in [2.05, 4.69) is 4.98 Å². The van der Waals surface area contributed by atoms with Crippen molar-refractivity contribution < 1.29 is 4.79 Å². The van der Waals surface area contributed by atoms with E-state index in [0.717, 1.165) is 16.8 Å². The highest BCUT2D eigenvalue weighted by Gasteiger charge is 2.16. The van der Waals surface area contributed by atoms with E-state index in [-0.39, 0.29) is 16.7 Å². The van der Waals surface area contributed by atoms with E-state index in [0.29, 0.717) is 5.56 Å². The van der Waals surface area contributed by atoms with Crippen molar-refractivity contribution >= 4 is 29.0 Å². The third-order valence-corrected chi connectivity index (χ3v) is 3.44. The van der Waals surface area contributed by atoms with Crippen molar-refractivity contribution in [3.8, 4) is 0 Å². The number of nitrogens with zero attached hydrogens (tertiary/aromatic N) is 2. The molecule has 0 aliphatic heterocycles. The Morgan fingerprint density at radius 2 is 2.00 bits per heavy atom. The van der Waals surface area contributed by atoms with E-state index >= 15 is 0 Å². The first kappa shape index (κ1) is 14.3. The van der Waals surface area contributed by atoms with Gasteiger partial charge in [0.25, 0.3) is 5.91 Å². The summed E-state index contributed by atoms with van der Waals surface area (Å²) in [6, 6.07) is 7.47. The lowest BCUT2D eigenvalue weighted by molar-refractivity contribution is 0.0992. The van der Waals surface area contributed by atoms with Crippen molar-refractivity contribution in [3.05, 3.63) is 52.2 Å². The highest BCUT2D eigenvalue weighted by Crippen LogP contribution is 2.23. The molecule has 0 aliphatic carbocycles. The number of carbonyl (C=O) groups excluding carboxylic acids is 1. The molecule has 2 aromatic rings. The Balaban J connectivity index is 2.34. The summed E-state index contributed by atoms with van der Waals surface area (Å²) in [6.07, 6.45) is 1.43. The number of hydrogen-bond acceptors (Lipinski definition) is 3. The molecule has 0 bridgehead atoms. The minimum absolute atomic E-state index is 0.175. The second-order valence-electron chi connectivity index (χ2n) is 4.75. The molecule has 1 aromatic carbocycles. The first-order valence-electron chi connectivity index (χ1n) is 6.16. The van der Waals surface area contributed by atoms with Gasteiger partial charge in [-0.3, -0.25) is 4.79 Å². The number of nitrogens with two attached hydrogens (primary N) is 1. The van der Waals surface area contributed by atoms with E-state index in [1.54, 1.807) is 11.9 Å². The molecule has 0 fully saturated rings. The molecule has 0 spiro atoms. The number of pyridine rings is 1. The van der Waals surface area contributed by atoms with Crippen LogP contribution in [0.2, 0.25) is 5.02 Å². The summed E-state index contributed by atoms with van der Waals surface area (Å²) < 4.78 is 0. The molecule has 0 atom stereocenters. The Kier molecular flexibility index (Phi) is 3.95. The van der Waals surface area contributed by atoms with Gasteiger partial charge in [0.1, 0.15) is 5.82 Å². The monoisotopic (exact) mass is 289 g/mol. The summed E-state index contributed by atoms with van der Waals surface area (Å²) in [5.74, 6) is 0.0451. The molecule has 1 aromatic heterocycles. The smallest absolute Gasteiger partial charge is 0.259 e. The zero-order chi connectivity index (χ0) is 14.9. The largest absolute Gasteiger partial charge is 0.382 e. The van der Waals surface area contributed by atoms with Crippen molar-refractivity contribution in [2.45, 2.75) is 13.8 Å². The summed E-state index contributed by atoms with van der Waals surface area (Å²) in [7, 11) is 1.73. The van der Waals surface area contributed by atoms with Gasteiger partial charge in [0.05, 0.1) is 10.6 Å². The summed E-state index contributed by atoms with van der Waals surface area (Å²) in [4.78, 5) is 17.9. The molecule has 0 unspecified atom stereocenters. The number of rotatable bonds is 2. The lowest BCUT2D eigenvalue weighted by atomic mass is 10.1. The van der Waals surface area contributed by atoms with Gasteiger partial charge in [0.2, 0.25) is 0 Å². The molecule has 2 rings (SSSR count). The predicted molar refractivity (Wildman–Crippen MR) is 82.3 cm³/mol. The average Bonchev–Trinajstić information content (AvgIpc) is 2.40. The van der Waals surface area contributed by atoms with Gasteiger partial charge in [-0.05, 0) is 31.5 Å². The van der Waals surface area contributed by atoms with Crippen molar-refractivity contribution in [2.75, 3.05) is 17.7 Å². The van der Waals surface area contributed by atoms with E-state index in [9.17, 15) is 4.79 Å². The normalized spacial score (nSPS) is 10.4. The summed E-state index contributed by atoms with van der Waals surface area (Å²) in [6.45, 7) is 3.99. The lowest BCUT2D eigenvalue weighted by Crippen LogP contribution is -2.27. The first-order chi connectivity index (χ1) is 9.40. The molecule has 1 amide bonds. The molecule has 0 aliphatic rings. The third-order valence-electron chi connectivity index (χ3n) is 3.13. The van der Waals surface area contributed by atoms with Crippen molar-refractivity contribution in [3.63, 3.8) is 0 Å². The number of anilines is 2. The molecule has 0 saturated carbocycles. The molecular weight excluding hydrogens is 274 g/mol. The summed E-state index contributed by atoms with van der Waals surface area (Å²) in [5.41, 5.74) is 9.01. The minimum atomic E-state index is -0.175. The van der Waals surface area contributed by atoms with Gasteiger partial charge in [-0.2, -0.15) is 0 Å². The highest BCUT2D eigenvalue weighted by atomic mass is 35.5. The number of nitrogen functional groups attached to an aromatic ring is 1. The van der Waals surface area contributed by atoms with Crippen LogP contribution >= 0.6 is 11.6 Å². The molecule has 104 valence electrons. The first-order valence-corrected chi connectivity index (χ1v) is 6.54. The van der Waals surface area contributed by atoms with Crippen molar-refractivity contribution in [1.29, 1.82) is 0 Å². The van der Waals surface area contributed by atoms with Crippen LogP contribution in [0.3, 0.4) is 0 Å². The molecular formula is C15H16ClN3O. The average molecular weight is 290 g/mol. The maximum Gasteiger partial charge on any atom is 0.259 e. The molecule has 4 nitrogen and oxygen atoms in total. The standard InChI is InChI=1S/C15H16ClN3O/c1-9-4-5-13(10(2)6-9)19(3)15(20)11-7-12(16)14(17)18-8-11/h4-8H,1-3H3,(H2,17,18). The number of hydrogen-bond donors (Lipinski definition) is 1. The van der Waals surface area contributed by atoms with Crippen molar-refractivity contribution in [2.24, 2.45) is 0 Å². The molecule has 0 radical (unpaired) electrons. The third kappa shape index (κ3) is 2.75. The van der Waals surface area contributed by atoms with Crippen LogP contribution in [0, 0.1) is 13.8 Å². The Labute approximate surface area is 123 Å². The lowest BCUT2D eigenvalue weighted by Gasteiger charge is -2.20. The van der Waals surface area contributed by atoms with Gasteiger partial charge in [-0.25, -0.2) is 4.98 Å². The second kappa shape index (κ2) is 5.51. The zero-order valence-corrected chi connectivity index (χ0v) is 12.4. The number of aromatic nitrogens is 1. The zero-order valence-electron chi connectivity index (χ0n) is 11.6. The molecule has 0 saturated heterocycles. The van der Waals surface area contributed by atoms with Crippen molar-refractivity contribution in [1.82, 2.24) is 4.98 Å².